The Morgan fingerprint density at radius 1 is 0.735 bits per heavy atom. The number of nitrogens with zero attached hydrogens (tertiary/aromatic N) is 1. The Bertz CT molecular complexity index is 2170. The van der Waals surface area contributed by atoms with Crippen LogP contribution in [0.5, 0.6) is 5.75 Å². The number of aryl methyl sites for hydroxylation is 1. The highest BCUT2D eigenvalue weighted by molar-refractivity contribution is 8.00. The van der Waals surface area contributed by atoms with Crippen LogP contribution in [-0.2, 0) is 16.1 Å². The molecule has 3 amide bonds. The zero-order valence-electron chi connectivity index (χ0n) is 27.2. The summed E-state index contributed by atoms with van der Waals surface area (Å²) in [5.41, 5.74) is 4.68. The van der Waals surface area contributed by atoms with Crippen LogP contribution in [0.3, 0.4) is 0 Å². The van der Waals surface area contributed by atoms with Crippen molar-refractivity contribution in [3.63, 3.8) is 0 Å². The largest absolute Gasteiger partial charge is 0.493 e. The Hall–Kier alpha value is -5.80. The van der Waals surface area contributed by atoms with Gasteiger partial charge in [0, 0.05) is 55.7 Å². The molecular weight excluding hydrogens is 633 g/mol. The van der Waals surface area contributed by atoms with Crippen LogP contribution in [0.2, 0.25) is 0 Å². The minimum atomic E-state index is -0.504. The molecule has 0 fully saturated rings. The molecular formula is C40H36N4O4S. The van der Waals surface area contributed by atoms with Crippen LogP contribution < -0.4 is 20.7 Å². The predicted molar refractivity (Wildman–Crippen MR) is 199 cm³/mol. The molecule has 0 aliphatic carbocycles. The first-order valence-electron chi connectivity index (χ1n) is 16.1. The number of anilines is 2. The van der Waals surface area contributed by atoms with Crippen molar-refractivity contribution < 1.29 is 19.1 Å². The number of hydrogen-bond acceptors (Lipinski definition) is 5. The van der Waals surface area contributed by atoms with Gasteiger partial charge in [-0.25, -0.2) is 0 Å². The van der Waals surface area contributed by atoms with Gasteiger partial charge in [0.15, 0.2) is 0 Å². The molecule has 0 bridgehead atoms. The van der Waals surface area contributed by atoms with Gasteiger partial charge in [0.05, 0.1) is 12.4 Å². The number of benzene rings is 5. The van der Waals surface area contributed by atoms with Crippen molar-refractivity contribution in [3.8, 4) is 5.75 Å². The van der Waals surface area contributed by atoms with Crippen molar-refractivity contribution >= 4 is 68.7 Å². The third kappa shape index (κ3) is 7.85. The molecule has 1 heterocycles. The Morgan fingerprint density at radius 3 is 2.29 bits per heavy atom. The van der Waals surface area contributed by atoms with E-state index in [1.54, 1.807) is 42.5 Å². The number of amides is 3. The number of hydrogen-bond donors (Lipinski definition) is 3. The molecule has 49 heavy (non-hydrogen) atoms. The molecule has 0 unspecified atom stereocenters. The molecule has 6 rings (SSSR count). The predicted octanol–water partition coefficient (Wildman–Crippen LogP) is 8.35. The lowest BCUT2D eigenvalue weighted by Gasteiger charge is -2.13. The number of carbonyl (C=O) groups excluding carboxylic acids is 3. The fraction of sp³-hybridized carbons (Fsp3) is 0.125. The topological polar surface area (TPSA) is 101 Å². The van der Waals surface area contributed by atoms with Gasteiger partial charge in [0.25, 0.3) is 11.8 Å². The van der Waals surface area contributed by atoms with Crippen LogP contribution in [-0.4, -0.2) is 34.6 Å². The smallest absolute Gasteiger partial charge is 0.272 e. The average Bonchev–Trinajstić information content (AvgIpc) is 3.44. The molecule has 0 atom stereocenters. The summed E-state index contributed by atoms with van der Waals surface area (Å²) in [7, 11) is 0. The lowest BCUT2D eigenvalue weighted by Crippen LogP contribution is -2.30. The molecule has 0 radical (unpaired) electrons. The number of nitrogens with one attached hydrogen (secondary N) is 3. The first-order valence-corrected chi connectivity index (χ1v) is 17.1. The minimum Gasteiger partial charge on any atom is -0.493 e. The highest BCUT2D eigenvalue weighted by atomic mass is 32.2. The van der Waals surface area contributed by atoms with Gasteiger partial charge in [-0.2, -0.15) is 0 Å². The maximum atomic E-state index is 13.6. The summed E-state index contributed by atoms with van der Waals surface area (Å²) in [5, 5.41) is 10.9. The van der Waals surface area contributed by atoms with Gasteiger partial charge in [-0.3, -0.25) is 14.4 Å². The third-order valence-electron chi connectivity index (χ3n) is 7.88. The highest BCUT2D eigenvalue weighted by Crippen LogP contribution is 2.31. The number of thioether (sulfide) groups is 1. The summed E-state index contributed by atoms with van der Waals surface area (Å²) < 4.78 is 8.01. The molecule has 0 saturated carbocycles. The first-order chi connectivity index (χ1) is 23.9. The third-order valence-corrected chi connectivity index (χ3v) is 8.88. The van der Waals surface area contributed by atoms with Gasteiger partial charge in [-0.05, 0) is 80.6 Å². The molecule has 0 saturated heterocycles. The maximum Gasteiger partial charge on any atom is 0.272 e. The highest BCUT2D eigenvalue weighted by Gasteiger charge is 2.17. The summed E-state index contributed by atoms with van der Waals surface area (Å²) in [5.74, 6) is -0.288. The van der Waals surface area contributed by atoms with Gasteiger partial charge >= 0.3 is 0 Å². The Labute approximate surface area is 289 Å². The zero-order valence-corrected chi connectivity index (χ0v) is 28.1. The number of aromatic nitrogens is 1. The van der Waals surface area contributed by atoms with Gasteiger partial charge in [-0.1, -0.05) is 60.7 Å². The lowest BCUT2D eigenvalue weighted by molar-refractivity contribution is -0.114. The van der Waals surface area contributed by atoms with Crippen molar-refractivity contribution in [1.29, 1.82) is 0 Å². The molecule has 1 aromatic heterocycles. The van der Waals surface area contributed by atoms with E-state index in [0.29, 0.717) is 29.2 Å². The van der Waals surface area contributed by atoms with Crippen LogP contribution in [0, 0.1) is 0 Å². The van der Waals surface area contributed by atoms with Crippen LogP contribution in [0.15, 0.2) is 132 Å². The van der Waals surface area contributed by atoms with Gasteiger partial charge in [0.1, 0.15) is 11.4 Å². The number of para-hydroxylation sites is 2. The molecule has 0 aliphatic rings. The van der Waals surface area contributed by atoms with Crippen LogP contribution in [0.4, 0.5) is 11.4 Å². The Balaban J connectivity index is 1.14. The van der Waals surface area contributed by atoms with Crippen molar-refractivity contribution in [2.24, 2.45) is 0 Å². The molecule has 0 spiro atoms. The van der Waals surface area contributed by atoms with Gasteiger partial charge < -0.3 is 25.3 Å². The van der Waals surface area contributed by atoms with Gasteiger partial charge in [0.2, 0.25) is 5.91 Å². The molecule has 6 aromatic rings. The number of carbonyl (C=O) groups is 3. The monoisotopic (exact) mass is 668 g/mol. The maximum absolute atomic E-state index is 13.6. The summed E-state index contributed by atoms with van der Waals surface area (Å²) >= 11 is 1.36. The second kappa shape index (κ2) is 15.4. The summed E-state index contributed by atoms with van der Waals surface area (Å²) in [6, 6.07) is 37.5. The SMILES string of the molecule is CCOc1ccccc1/C=C(/NC(=O)c1ccccc1)C(=O)Nc1cccc(SCC(=O)Nc2ccc3c(c2)c2ccccc2n3CC)c1. The molecule has 5 aromatic carbocycles. The van der Waals surface area contributed by atoms with Crippen molar-refractivity contribution in [2.75, 3.05) is 23.0 Å². The number of fused-ring (bicyclic) bond motifs is 3. The number of rotatable bonds is 12. The van der Waals surface area contributed by atoms with E-state index in [4.69, 9.17) is 4.74 Å². The van der Waals surface area contributed by atoms with Crippen molar-refractivity contribution in [3.05, 3.63) is 138 Å². The standard InChI is InChI=1S/C40H36N4O4S/c1-3-44-35-19-10-9-18-32(35)33-25-30(21-22-36(33)44)41-38(45)26-49-31-17-12-16-29(24-31)42-40(47)34(43-39(46)27-13-6-5-7-14-27)23-28-15-8-11-20-37(28)48-4-2/h5-25H,3-4,26H2,1-2H3,(H,41,45)(H,42,47)(H,43,46)/b34-23+. The summed E-state index contributed by atoms with van der Waals surface area (Å²) in [4.78, 5) is 40.5. The van der Waals surface area contributed by atoms with E-state index >= 15 is 0 Å². The fourth-order valence-corrected chi connectivity index (χ4v) is 6.42. The van der Waals surface area contributed by atoms with E-state index in [1.807, 2.05) is 79.7 Å². The molecule has 246 valence electrons. The number of ether oxygens (including phenoxy) is 1. The summed E-state index contributed by atoms with van der Waals surface area (Å²) in [6.07, 6.45) is 1.60. The summed E-state index contributed by atoms with van der Waals surface area (Å²) in [6.45, 7) is 5.31. The van der Waals surface area contributed by atoms with Gasteiger partial charge in [-0.15, -0.1) is 11.8 Å². The fourth-order valence-electron chi connectivity index (χ4n) is 5.66. The quantitative estimate of drug-likeness (QED) is 0.0899. The Morgan fingerprint density at radius 2 is 1.47 bits per heavy atom. The minimum absolute atomic E-state index is 0.0532. The van der Waals surface area contributed by atoms with E-state index in [9.17, 15) is 14.4 Å². The molecule has 8 nitrogen and oxygen atoms in total. The molecule has 3 N–H and O–H groups in total. The second-order valence-electron chi connectivity index (χ2n) is 11.2. The van der Waals surface area contributed by atoms with E-state index < -0.39 is 11.8 Å². The van der Waals surface area contributed by atoms with Crippen LogP contribution in [0.25, 0.3) is 27.9 Å². The van der Waals surface area contributed by atoms with E-state index in [-0.39, 0.29) is 17.4 Å². The normalized spacial score (nSPS) is 11.3. The average molecular weight is 669 g/mol. The lowest BCUT2D eigenvalue weighted by atomic mass is 10.1. The van der Waals surface area contributed by atoms with E-state index in [0.717, 1.165) is 33.4 Å². The van der Waals surface area contributed by atoms with Crippen LogP contribution in [0.1, 0.15) is 29.8 Å². The van der Waals surface area contributed by atoms with Crippen LogP contribution >= 0.6 is 11.8 Å². The zero-order chi connectivity index (χ0) is 34.2. The molecule has 0 aliphatic heterocycles. The van der Waals surface area contributed by atoms with Crippen molar-refractivity contribution in [1.82, 2.24) is 9.88 Å². The van der Waals surface area contributed by atoms with Crippen molar-refractivity contribution in [2.45, 2.75) is 25.3 Å². The Kier molecular flexibility index (Phi) is 10.4. The van der Waals surface area contributed by atoms with E-state index in [2.05, 4.69) is 39.6 Å². The van der Waals surface area contributed by atoms with E-state index in [1.165, 1.54) is 17.3 Å². The first kappa shape index (κ1) is 33.1. The second-order valence-corrected chi connectivity index (χ2v) is 12.2. The molecule has 9 heteroatoms.